The molecule has 0 bridgehead atoms. The molecule has 0 saturated heterocycles. The first-order chi connectivity index (χ1) is 13.3. The second-order valence-electron chi connectivity index (χ2n) is 6.51. The third-order valence-corrected chi connectivity index (χ3v) is 4.51. The van der Waals surface area contributed by atoms with Crippen LogP contribution in [0.3, 0.4) is 0 Å². The predicted octanol–water partition coefficient (Wildman–Crippen LogP) is 4.25. The van der Waals surface area contributed by atoms with Gasteiger partial charge in [-0.1, -0.05) is 12.1 Å². The largest absolute Gasteiger partial charge is 0.455 e. The number of rotatable bonds is 3. The highest BCUT2D eigenvalue weighted by Gasteiger charge is 2.18. The monoisotopic (exact) mass is 369 g/mol. The Bertz CT molecular complexity index is 1130. The molecule has 0 aliphatic carbocycles. The van der Waals surface area contributed by atoms with E-state index in [1.807, 2.05) is 13.8 Å². The third-order valence-electron chi connectivity index (χ3n) is 4.51. The van der Waals surface area contributed by atoms with E-state index >= 15 is 0 Å². The van der Waals surface area contributed by atoms with Crippen molar-refractivity contribution in [2.75, 3.05) is 17.2 Å². The molecule has 3 aromatic rings. The number of nitrogens with two attached hydrogens (primary N) is 3. The summed E-state index contributed by atoms with van der Waals surface area (Å²) in [7, 11) is 0. The van der Waals surface area contributed by atoms with Gasteiger partial charge in [-0.25, -0.2) is 0 Å². The van der Waals surface area contributed by atoms with Crippen LogP contribution in [0.25, 0.3) is 11.1 Å². The number of hydrogen-bond acceptors (Lipinski definition) is 6. The molecule has 3 aromatic carbocycles. The van der Waals surface area contributed by atoms with Crippen molar-refractivity contribution in [1.29, 1.82) is 10.5 Å². The first kappa shape index (κ1) is 18.6. The van der Waals surface area contributed by atoms with Crippen LogP contribution in [-0.4, -0.2) is 0 Å². The quantitative estimate of drug-likeness (QED) is 0.591. The molecule has 0 atom stereocenters. The molecule has 0 aliphatic rings. The number of hydrogen-bond donors (Lipinski definition) is 3. The Hall–Kier alpha value is -4.16. The Labute approximate surface area is 163 Å². The molecule has 0 radical (unpaired) electrons. The fraction of sp³-hybridized carbons (Fsp3) is 0.0909. The van der Waals surface area contributed by atoms with Gasteiger partial charge in [-0.3, -0.25) is 0 Å². The fourth-order valence-corrected chi connectivity index (χ4v) is 3.10. The van der Waals surface area contributed by atoms with Gasteiger partial charge in [0.25, 0.3) is 0 Å². The first-order valence-corrected chi connectivity index (χ1v) is 8.52. The topological polar surface area (TPSA) is 135 Å². The van der Waals surface area contributed by atoms with Crippen LogP contribution in [0.4, 0.5) is 17.1 Å². The van der Waals surface area contributed by atoms with Crippen molar-refractivity contribution in [1.82, 2.24) is 0 Å². The second kappa shape index (κ2) is 7.22. The van der Waals surface area contributed by atoms with Crippen LogP contribution in [0.5, 0.6) is 11.5 Å². The van der Waals surface area contributed by atoms with E-state index in [-0.39, 0.29) is 0 Å². The maximum Gasteiger partial charge on any atom is 0.153 e. The number of nitrogens with zero attached hydrogens (tertiary/aromatic N) is 2. The van der Waals surface area contributed by atoms with Crippen LogP contribution in [0, 0.1) is 36.5 Å². The van der Waals surface area contributed by atoms with E-state index in [1.54, 1.807) is 42.5 Å². The Morgan fingerprint density at radius 1 is 0.786 bits per heavy atom. The zero-order valence-corrected chi connectivity index (χ0v) is 15.6. The third kappa shape index (κ3) is 3.27. The lowest BCUT2D eigenvalue weighted by atomic mass is 9.99. The summed E-state index contributed by atoms with van der Waals surface area (Å²) in [6, 6.07) is 16.2. The minimum atomic E-state index is 0.340. The molecule has 3 rings (SSSR count). The van der Waals surface area contributed by atoms with Gasteiger partial charge in [-0.2, -0.15) is 10.5 Å². The van der Waals surface area contributed by atoms with Crippen molar-refractivity contribution in [3.8, 4) is 34.8 Å². The summed E-state index contributed by atoms with van der Waals surface area (Å²) >= 11 is 0. The highest BCUT2D eigenvalue weighted by molar-refractivity contribution is 5.95. The number of aryl methyl sites for hydroxylation is 2. The van der Waals surface area contributed by atoms with Gasteiger partial charge >= 0.3 is 0 Å². The smallest absolute Gasteiger partial charge is 0.153 e. The lowest BCUT2D eigenvalue weighted by Crippen LogP contribution is -2.04. The standard InChI is InChI=1S/C22H19N5O/c1-12-7-15(11-24)8-13(2)22(12)28-18-9-17(25)20(26)19(21(18)27)16-5-3-14(10-23)4-6-16/h3-9H,25-27H2,1-2H3. The molecule has 6 N–H and O–H groups in total. The molecule has 0 fully saturated rings. The van der Waals surface area contributed by atoms with Crippen molar-refractivity contribution in [2.24, 2.45) is 0 Å². The Kier molecular flexibility index (Phi) is 4.80. The van der Waals surface area contributed by atoms with Gasteiger partial charge in [0.2, 0.25) is 0 Å². The van der Waals surface area contributed by atoms with Crippen LogP contribution < -0.4 is 21.9 Å². The van der Waals surface area contributed by atoms with E-state index in [0.29, 0.717) is 45.3 Å². The summed E-state index contributed by atoms with van der Waals surface area (Å²) in [5.41, 5.74) is 23.7. The minimum absolute atomic E-state index is 0.340. The van der Waals surface area contributed by atoms with Crippen LogP contribution in [-0.2, 0) is 0 Å². The lowest BCUT2D eigenvalue weighted by Gasteiger charge is -2.19. The van der Waals surface area contributed by atoms with Gasteiger partial charge in [-0.15, -0.1) is 0 Å². The number of ether oxygens (including phenoxy) is 1. The number of anilines is 3. The molecular weight excluding hydrogens is 350 g/mol. The average Bonchev–Trinajstić information content (AvgIpc) is 2.68. The fourth-order valence-electron chi connectivity index (χ4n) is 3.10. The van der Waals surface area contributed by atoms with Crippen molar-refractivity contribution >= 4 is 17.1 Å². The molecule has 0 unspecified atom stereocenters. The maximum absolute atomic E-state index is 9.12. The molecule has 6 heteroatoms. The Balaban J connectivity index is 2.13. The van der Waals surface area contributed by atoms with E-state index in [4.69, 9.17) is 32.5 Å². The molecule has 0 heterocycles. The first-order valence-electron chi connectivity index (χ1n) is 8.52. The highest BCUT2D eigenvalue weighted by Crippen LogP contribution is 2.44. The van der Waals surface area contributed by atoms with E-state index < -0.39 is 0 Å². The molecule has 138 valence electrons. The molecular formula is C22H19N5O. The number of nitriles is 2. The normalized spacial score (nSPS) is 10.1. The van der Waals surface area contributed by atoms with Gasteiger partial charge in [0, 0.05) is 11.6 Å². The molecule has 28 heavy (non-hydrogen) atoms. The second-order valence-corrected chi connectivity index (χ2v) is 6.51. The van der Waals surface area contributed by atoms with Crippen LogP contribution in [0.15, 0.2) is 42.5 Å². The maximum atomic E-state index is 9.12. The van der Waals surface area contributed by atoms with E-state index in [0.717, 1.165) is 16.7 Å². The van der Waals surface area contributed by atoms with Gasteiger partial charge in [0.05, 0.1) is 40.3 Å². The van der Waals surface area contributed by atoms with Gasteiger partial charge < -0.3 is 21.9 Å². The molecule has 0 saturated carbocycles. The zero-order valence-electron chi connectivity index (χ0n) is 15.6. The number of benzene rings is 3. The van der Waals surface area contributed by atoms with Gasteiger partial charge in [0.1, 0.15) is 5.75 Å². The van der Waals surface area contributed by atoms with Gasteiger partial charge in [-0.05, 0) is 54.8 Å². The minimum Gasteiger partial charge on any atom is -0.455 e. The molecule has 0 aromatic heterocycles. The number of nitrogen functional groups attached to an aromatic ring is 3. The van der Waals surface area contributed by atoms with Crippen LogP contribution in [0.2, 0.25) is 0 Å². The lowest BCUT2D eigenvalue weighted by molar-refractivity contribution is 0.478. The molecule has 0 aliphatic heterocycles. The van der Waals surface area contributed by atoms with Crippen molar-refractivity contribution in [3.05, 3.63) is 64.7 Å². The summed E-state index contributed by atoms with van der Waals surface area (Å²) < 4.78 is 6.09. The summed E-state index contributed by atoms with van der Waals surface area (Å²) in [6.45, 7) is 3.73. The molecule has 0 spiro atoms. The highest BCUT2D eigenvalue weighted by atomic mass is 16.5. The van der Waals surface area contributed by atoms with Crippen molar-refractivity contribution < 1.29 is 4.74 Å². The zero-order chi connectivity index (χ0) is 20.4. The molecule has 6 nitrogen and oxygen atoms in total. The Morgan fingerprint density at radius 2 is 1.36 bits per heavy atom. The summed E-state index contributed by atoms with van der Waals surface area (Å²) in [6.07, 6.45) is 0. The van der Waals surface area contributed by atoms with Crippen molar-refractivity contribution in [2.45, 2.75) is 13.8 Å². The average molecular weight is 369 g/mol. The predicted molar refractivity (Wildman–Crippen MR) is 111 cm³/mol. The summed E-state index contributed by atoms with van der Waals surface area (Å²) in [5, 5.41) is 18.1. The Morgan fingerprint density at radius 3 is 1.89 bits per heavy atom. The summed E-state index contributed by atoms with van der Waals surface area (Å²) in [4.78, 5) is 0. The van der Waals surface area contributed by atoms with Crippen molar-refractivity contribution in [3.63, 3.8) is 0 Å². The van der Waals surface area contributed by atoms with Crippen LogP contribution >= 0.6 is 0 Å². The summed E-state index contributed by atoms with van der Waals surface area (Å²) in [5.74, 6) is 0.989. The SMILES string of the molecule is Cc1cc(C#N)cc(C)c1Oc1cc(N)c(N)c(-c2ccc(C#N)cc2)c1N. The van der Waals surface area contributed by atoms with E-state index in [2.05, 4.69) is 12.1 Å². The van der Waals surface area contributed by atoms with Crippen LogP contribution in [0.1, 0.15) is 22.3 Å². The van der Waals surface area contributed by atoms with E-state index in [1.165, 1.54) is 0 Å². The van der Waals surface area contributed by atoms with Gasteiger partial charge in [0.15, 0.2) is 5.75 Å². The van der Waals surface area contributed by atoms with E-state index in [9.17, 15) is 0 Å². The molecule has 0 amide bonds.